The van der Waals surface area contributed by atoms with Crippen molar-refractivity contribution in [3.05, 3.63) is 28.4 Å². The normalized spacial score (nSPS) is 28.5. The number of rotatable bonds is 3. The quantitative estimate of drug-likeness (QED) is 0.808. The molecule has 3 atom stereocenters. The van der Waals surface area contributed by atoms with Crippen molar-refractivity contribution >= 4 is 0 Å². The Kier molecular flexibility index (Phi) is 3.62. The zero-order valence-electron chi connectivity index (χ0n) is 10.7. The van der Waals surface area contributed by atoms with Gasteiger partial charge in [0.25, 0.3) is 0 Å². The third-order valence-electron chi connectivity index (χ3n) is 3.57. The predicted molar refractivity (Wildman–Crippen MR) is 65.8 cm³/mol. The summed E-state index contributed by atoms with van der Waals surface area (Å²) in [5.41, 5.74) is 0.546. The Hall–Kier alpha value is -1.16. The second-order valence-corrected chi connectivity index (χ2v) is 4.70. The Morgan fingerprint density at radius 2 is 2.24 bits per heavy atom. The zero-order chi connectivity index (χ0) is 12.4. The monoisotopic (exact) mass is 236 g/mol. The molecule has 4 heteroatoms. The molecule has 0 radical (unpaired) electrons. The Bertz CT molecular complexity index is 429. The zero-order valence-corrected chi connectivity index (χ0v) is 10.7. The molecule has 0 aromatic carbocycles. The highest BCUT2D eigenvalue weighted by Gasteiger charge is 2.34. The minimum absolute atomic E-state index is 0.134. The molecule has 0 saturated carbocycles. The highest BCUT2D eigenvalue weighted by Crippen LogP contribution is 2.35. The molecule has 4 nitrogen and oxygen atoms in total. The molecule has 0 N–H and O–H groups in total. The van der Waals surface area contributed by atoms with Crippen LogP contribution < -0.4 is 5.69 Å². The third-order valence-corrected chi connectivity index (χ3v) is 3.57. The van der Waals surface area contributed by atoms with E-state index < -0.39 is 0 Å². The van der Waals surface area contributed by atoms with Crippen LogP contribution in [0.25, 0.3) is 0 Å². The van der Waals surface area contributed by atoms with Crippen LogP contribution in [0.3, 0.4) is 0 Å². The van der Waals surface area contributed by atoms with E-state index in [4.69, 9.17) is 4.74 Å². The van der Waals surface area contributed by atoms with Crippen LogP contribution in [0.1, 0.15) is 45.0 Å². The maximum Gasteiger partial charge on any atom is 0.349 e. The molecule has 1 aliphatic heterocycles. The fourth-order valence-corrected chi connectivity index (χ4v) is 2.53. The van der Waals surface area contributed by atoms with E-state index >= 15 is 0 Å². The molecule has 1 aromatic rings. The molecule has 0 bridgehead atoms. The molecule has 1 aromatic heterocycles. The number of ether oxygens (including phenoxy) is 1. The summed E-state index contributed by atoms with van der Waals surface area (Å²) < 4.78 is 7.56. The van der Waals surface area contributed by atoms with Crippen LogP contribution in [0.4, 0.5) is 0 Å². The Labute approximate surface area is 102 Å². The molecule has 94 valence electrons. The van der Waals surface area contributed by atoms with Gasteiger partial charge in [0.15, 0.2) is 0 Å². The number of aromatic nitrogens is 2. The summed E-state index contributed by atoms with van der Waals surface area (Å²) in [5.74, 6) is 0.554. The second-order valence-electron chi connectivity index (χ2n) is 4.70. The van der Waals surface area contributed by atoms with Gasteiger partial charge in [-0.25, -0.2) is 4.79 Å². The van der Waals surface area contributed by atoms with Crippen LogP contribution in [-0.4, -0.2) is 15.7 Å². The van der Waals surface area contributed by atoms with Crippen LogP contribution in [-0.2, 0) is 4.74 Å². The SMILES string of the molecule is CCC1CC(n2ccc(C)nc2=O)OC1CC. The van der Waals surface area contributed by atoms with Gasteiger partial charge >= 0.3 is 5.69 Å². The number of hydrogen-bond acceptors (Lipinski definition) is 3. The van der Waals surface area contributed by atoms with Crippen molar-refractivity contribution in [1.82, 2.24) is 9.55 Å². The molecule has 17 heavy (non-hydrogen) atoms. The van der Waals surface area contributed by atoms with Gasteiger partial charge in [-0.05, 0) is 31.7 Å². The molecule has 0 amide bonds. The molecule has 0 spiro atoms. The molecular weight excluding hydrogens is 216 g/mol. The van der Waals surface area contributed by atoms with Gasteiger partial charge in [0.05, 0.1) is 6.10 Å². The maximum atomic E-state index is 11.8. The van der Waals surface area contributed by atoms with Crippen molar-refractivity contribution < 1.29 is 4.74 Å². The van der Waals surface area contributed by atoms with Gasteiger partial charge in [0, 0.05) is 11.9 Å². The standard InChI is InChI=1S/C13H20N2O2/c1-4-10-8-12(17-11(10)5-2)15-7-6-9(3)14-13(15)16/h6-7,10-12H,4-5,8H2,1-3H3. The van der Waals surface area contributed by atoms with Crippen LogP contribution >= 0.6 is 0 Å². The van der Waals surface area contributed by atoms with Gasteiger partial charge in [0.1, 0.15) is 6.23 Å². The summed E-state index contributed by atoms with van der Waals surface area (Å²) in [4.78, 5) is 15.7. The van der Waals surface area contributed by atoms with Crippen molar-refractivity contribution in [2.24, 2.45) is 5.92 Å². The fraction of sp³-hybridized carbons (Fsp3) is 0.692. The van der Waals surface area contributed by atoms with Gasteiger partial charge in [0.2, 0.25) is 0 Å². The van der Waals surface area contributed by atoms with E-state index in [-0.39, 0.29) is 18.0 Å². The first kappa shape index (κ1) is 12.3. The summed E-state index contributed by atoms with van der Waals surface area (Å²) in [6, 6.07) is 1.85. The average Bonchev–Trinajstić information content (AvgIpc) is 2.72. The van der Waals surface area contributed by atoms with E-state index in [0.717, 1.165) is 25.0 Å². The van der Waals surface area contributed by atoms with Crippen LogP contribution in [0, 0.1) is 12.8 Å². The highest BCUT2D eigenvalue weighted by molar-refractivity contribution is 4.97. The first-order valence-electron chi connectivity index (χ1n) is 6.37. The van der Waals surface area contributed by atoms with Crippen molar-refractivity contribution in [3.63, 3.8) is 0 Å². The Balaban J connectivity index is 2.22. The van der Waals surface area contributed by atoms with Gasteiger partial charge in [-0.2, -0.15) is 4.98 Å². The van der Waals surface area contributed by atoms with E-state index in [1.165, 1.54) is 0 Å². The van der Waals surface area contributed by atoms with Crippen molar-refractivity contribution in [1.29, 1.82) is 0 Å². The lowest BCUT2D eigenvalue weighted by molar-refractivity contribution is -0.00888. The summed E-state index contributed by atoms with van der Waals surface area (Å²) in [6.07, 6.45) is 4.95. The average molecular weight is 236 g/mol. The molecular formula is C13H20N2O2. The van der Waals surface area contributed by atoms with Crippen molar-refractivity contribution in [2.75, 3.05) is 0 Å². The van der Waals surface area contributed by atoms with Gasteiger partial charge in [-0.15, -0.1) is 0 Å². The summed E-state index contributed by atoms with van der Waals surface area (Å²) >= 11 is 0. The van der Waals surface area contributed by atoms with Gasteiger partial charge in [-0.1, -0.05) is 20.3 Å². The largest absolute Gasteiger partial charge is 0.354 e. The molecule has 1 fully saturated rings. The molecule has 2 rings (SSSR count). The molecule has 1 aliphatic rings. The number of nitrogens with zero attached hydrogens (tertiary/aromatic N) is 2. The fourth-order valence-electron chi connectivity index (χ4n) is 2.53. The van der Waals surface area contributed by atoms with E-state index in [0.29, 0.717) is 5.92 Å². The van der Waals surface area contributed by atoms with Crippen LogP contribution in [0.2, 0.25) is 0 Å². The lowest BCUT2D eigenvalue weighted by Gasteiger charge is -2.15. The summed E-state index contributed by atoms with van der Waals surface area (Å²) in [7, 11) is 0. The first-order valence-corrected chi connectivity index (χ1v) is 6.37. The number of hydrogen-bond donors (Lipinski definition) is 0. The topological polar surface area (TPSA) is 44.1 Å². The molecule has 0 aliphatic carbocycles. The maximum absolute atomic E-state index is 11.8. The Morgan fingerprint density at radius 3 is 2.76 bits per heavy atom. The minimum atomic E-state index is -0.207. The number of aryl methyl sites for hydroxylation is 1. The minimum Gasteiger partial charge on any atom is -0.354 e. The van der Waals surface area contributed by atoms with E-state index in [2.05, 4.69) is 18.8 Å². The second kappa shape index (κ2) is 5.00. The summed E-state index contributed by atoms with van der Waals surface area (Å²) in [6.45, 7) is 6.13. The van der Waals surface area contributed by atoms with Crippen LogP contribution in [0.5, 0.6) is 0 Å². The van der Waals surface area contributed by atoms with Gasteiger partial charge < -0.3 is 4.74 Å². The lowest BCUT2D eigenvalue weighted by atomic mass is 9.96. The smallest absolute Gasteiger partial charge is 0.349 e. The van der Waals surface area contributed by atoms with Crippen LogP contribution in [0.15, 0.2) is 17.1 Å². The molecule has 3 unspecified atom stereocenters. The van der Waals surface area contributed by atoms with Crippen molar-refractivity contribution in [3.8, 4) is 0 Å². The van der Waals surface area contributed by atoms with Crippen molar-refractivity contribution in [2.45, 2.75) is 52.4 Å². The third kappa shape index (κ3) is 2.41. The van der Waals surface area contributed by atoms with E-state index in [1.807, 2.05) is 13.0 Å². The predicted octanol–water partition coefficient (Wildman–Crippen LogP) is 2.28. The highest BCUT2D eigenvalue weighted by atomic mass is 16.5. The molecule has 2 heterocycles. The van der Waals surface area contributed by atoms with Gasteiger partial charge in [-0.3, -0.25) is 4.57 Å². The summed E-state index contributed by atoms with van der Waals surface area (Å²) in [5, 5.41) is 0. The first-order chi connectivity index (χ1) is 8.15. The van der Waals surface area contributed by atoms with E-state index in [9.17, 15) is 4.79 Å². The van der Waals surface area contributed by atoms with E-state index in [1.54, 1.807) is 10.8 Å². The lowest BCUT2D eigenvalue weighted by Crippen LogP contribution is -2.27. The molecule has 1 saturated heterocycles. The Morgan fingerprint density at radius 1 is 1.47 bits per heavy atom.